The number of pyridine rings is 1. The van der Waals surface area contributed by atoms with Gasteiger partial charge in [0.2, 0.25) is 5.82 Å². The van der Waals surface area contributed by atoms with Crippen LogP contribution < -0.4 is 0 Å². The zero-order chi connectivity index (χ0) is 14.3. The lowest BCUT2D eigenvalue weighted by Gasteiger charge is -2.04. The van der Waals surface area contributed by atoms with Crippen LogP contribution in [0.25, 0.3) is 22.3 Å². The van der Waals surface area contributed by atoms with E-state index in [4.69, 9.17) is 11.6 Å². The molecule has 0 saturated carbocycles. The quantitative estimate of drug-likeness (QED) is 0.745. The Bertz CT molecular complexity index is 764. The summed E-state index contributed by atoms with van der Waals surface area (Å²) in [6, 6.07) is 3.32. The molecule has 20 heavy (non-hydrogen) atoms. The molecule has 0 radical (unpaired) electrons. The van der Waals surface area contributed by atoms with Crippen molar-refractivity contribution in [2.45, 2.75) is 6.18 Å². The smallest absolute Gasteiger partial charge is 0.339 e. The summed E-state index contributed by atoms with van der Waals surface area (Å²) in [4.78, 5) is 13.7. The number of hydrogen-bond acceptors (Lipinski definition) is 3. The van der Waals surface area contributed by atoms with E-state index in [2.05, 4.69) is 19.9 Å². The van der Waals surface area contributed by atoms with Crippen molar-refractivity contribution < 1.29 is 13.2 Å². The predicted molar refractivity (Wildman–Crippen MR) is 67.1 cm³/mol. The fraction of sp³-hybridized carbons (Fsp3) is 0.0833. The summed E-state index contributed by atoms with van der Waals surface area (Å²) in [5.74, 6) is -1.17. The fourth-order valence-electron chi connectivity index (χ4n) is 1.76. The molecule has 3 aromatic heterocycles. The van der Waals surface area contributed by atoms with Crippen LogP contribution in [0.15, 0.2) is 30.7 Å². The van der Waals surface area contributed by atoms with Gasteiger partial charge in [-0.1, -0.05) is 11.6 Å². The number of nitrogens with one attached hydrogen (secondary N) is 1. The Morgan fingerprint density at radius 2 is 1.80 bits per heavy atom. The minimum Gasteiger partial charge on any atom is -0.339 e. The highest BCUT2D eigenvalue weighted by Crippen LogP contribution is 2.29. The molecule has 0 bridgehead atoms. The molecule has 3 rings (SSSR count). The van der Waals surface area contributed by atoms with Crippen molar-refractivity contribution in [2.24, 2.45) is 0 Å². The Balaban J connectivity index is 2.05. The summed E-state index contributed by atoms with van der Waals surface area (Å²) in [5.41, 5.74) is 1.52. The van der Waals surface area contributed by atoms with Gasteiger partial charge in [-0.3, -0.25) is 0 Å². The third kappa shape index (κ3) is 2.20. The van der Waals surface area contributed by atoms with Crippen molar-refractivity contribution in [2.75, 3.05) is 0 Å². The second kappa shape index (κ2) is 4.45. The molecule has 102 valence electrons. The standard InChI is InChI=1S/C12H6ClF3N4/c13-8-1-2-17-10-7(8)3-9(20-10)6-4-18-11(19-5-6)12(14,15)16/h1-5H,(H,17,20). The van der Waals surface area contributed by atoms with Gasteiger partial charge in [0.1, 0.15) is 5.65 Å². The van der Waals surface area contributed by atoms with Crippen molar-refractivity contribution in [3.8, 4) is 11.3 Å². The van der Waals surface area contributed by atoms with E-state index in [-0.39, 0.29) is 0 Å². The van der Waals surface area contributed by atoms with Crippen molar-refractivity contribution >= 4 is 22.6 Å². The molecule has 0 aliphatic heterocycles. The molecule has 0 atom stereocenters. The Hall–Kier alpha value is -2.15. The lowest BCUT2D eigenvalue weighted by Crippen LogP contribution is -2.10. The van der Waals surface area contributed by atoms with Gasteiger partial charge in [-0.05, 0) is 12.1 Å². The molecule has 1 N–H and O–H groups in total. The first-order chi connectivity index (χ1) is 9.45. The second-order valence-electron chi connectivity index (χ2n) is 4.03. The Labute approximate surface area is 115 Å². The van der Waals surface area contributed by atoms with Gasteiger partial charge in [-0.2, -0.15) is 13.2 Å². The topological polar surface area (TPSA) is 54.5 Å². The lowest BCUT2D eigenvalue weighted by molar-refractivity contribution is -0.144. The first-order valence-electron chi connectivity index (χ1n) is 5.48. The van der Waals surface area contributed by atoms with Crippen LogP contribution >= 0.6 is 11.6 Å². The zero-order valence-corrected chi connectivity index (χ0v) is 10.5. The summed E-state index contributed by atoms with van der Waals surface area (Å²) >= 11 is 6.00. The molecule has 0 amide bonds. The predicted octanol–water partition coefficient (Wildman–Crippen LogP) is 3.69. The summed E-state index contributed by atoms with van der Waals surface area (Å²) in [7, 11) is 0. The first kappa shape index (κ1) is 12.9. The van der Waals surface area contributed by atoms with Crippen LogP contribution in [0, 0.1) is 0 Å². The SMILES string of the molecule is FC(F)(F)c1ncc(-c2cc3c(Cl)ccnc3[nH]2)cn1. The maximum atomic E-state index is 12.4. The molecule has 3 heterocycles. The van der Waals surface area contributed by atoms with E-state index in [0.717, 1.165) is 12.4 Å². The van der Waals surface area contributed by atoms with Gasteiger partial charge in [0, 0.05) is 29.5 Å². The molecule has 0 unspecified atom stereocenters. The van der Waals surface area contributed by atoms with Gasteiger partial charge in [0.15, 0.2) is 0 Å². The van der Waals surface area contributed by atoms with Crippen LogP contribution in [0.5, 0.6) is 0 Å². The minimum atomic E-state index is -4.55. The van der Waals surface area contributed by atoms with Gasteiger partial charge < -0.3 is 4.98 Å². The molecule has 0 fully saturated rings. The average Bonchev–Trinajstić information content (AvgIpc) is 2.83. The molecule has 0 aliphatic rings. The number of alkyl halides is 3. The number of halogens is 4. The van der Waals surface area contributed by atoms with Crippen LogP contribution in [-0.4, -0.2) is 19.9 Å². The lowest BCUT2D eigenvalue weighted by atomic mass is 10.2. The van der Waals surface area contributed by atoms with E-state index in [9.17, 15) is 13.2 Å². The number of aromatic nitrogens is 4. The monoisotopic (exact) mass is 298 g/mol. The molecular formula is C12H6ClF3N4. The molecular weight excluding hydrogens is 293 g/mol. The molecule has 0 spiro atoms. The highest BCUT2D eigenvalue weighted by atomic mass is 35.5. The summed E-state index contributed by atoms with van der Waals surface area (Å²) in [6.07, 6.45) is -0.805. The first-order valence-corrected chi connectivity index (χ1v) is 5.86. The maximum Gasteiger partial charge on any atom is 0.451 e. The number of fused-ring (bicyclic) bond motifs is 1. The third-order valence-electron chi connectivity index (χ3n) is 2.70. The highest BCUT2D eigenvalue weighted by molar-refractivity contribution is 6.35. The molecule has 8 heteroatoms. The van der Waals surface area contributed by atoms with Crippen molar-refractivity contribution in [1.82, 2.24) is 19.9 Å². The van der Waals surface area contributed by atoms with Crippen LogP contribution in [0.4, 0.5) is 13.2 Å². The van der Waals surface area contributed by atoms with E-state index in [1.54, 1.807) is 12.1 Å². The second-order valence-corrected chi connectivity index (χ2v) is 4.44. The number of rotatable bonds is 1. The Morgan fingerprint density at radius 1 is 1.10 bits per heavy atom. The van der Waals surface area contributed by atoms with Crippen LogP contribution in [0.2, 0.25) is 5.02 Å². The molecule has 0 saturated heterocycles. The van der Waals surface area contributed by atoms with E-state index in [1.807, 2.05) is 0 Å². The fourth-order valence-corrected chi connectivity index (χ4v) is 1.96. The van der Waals surface area contributed by atoms with E-state index >= 15 is 0 Å². The van der Waals surface area contributed by atoms with Crippen molar-refractivity contribution in [3.63, 3.8) is 0 Å². The van der Waals surface area contributed by atoms with Crippen LogP contribution in [0.1, 0.15) is 5.82 Å². The zero-order valence-electron chi connectivity index (χ0n) is 9.74. The molecule has 3 aromatic rings. The van der Waals surface area contributed by atoms with Gasteiger partial charge >= 0.3 is 6.18 Å². The number of H-pyrrole nitrogens is 1. The Kier molecular flexibility index (Phi) is 2.86. The summed E-state index contributed by atoms with van der Waals surface area (Å²) < 4.78 is 37.1. The molecule has 0 aliphatic carbocycles. The van der Waals surface area contributed by atoms with Crippen molar-refractivity contribution in [3.05, 3.63) is 41.6 Å². The van der Waals surface area contributed by atoms with Gasteiger partial charge in [0.05, 0.1) is 10.7 Å². The normalized spacial score (nSPS) is 12.0. The van der Waals surface area contributed by atoms with E-state index in [0.29, 0.717) is 27.3 Å². The molecule has 4 nitrogen and oxygen atoms in total. The minimum absolute atomic E-state index is 0.423. The number of hydrogen-bond donors (Lipinski definition) is 1. The summed E-state index contributed by atoms with van der Waals surface area (Å²) in [5, 5.41) is 1.19. The Morgan fingerprint density at radius 3 is 2.40 bits per heavy atom. The average molecular weight is 299 g/mol. The largest absolute Gasteiger partial charge is 0.451 e. The number of nitrogens with zero attached hydrogens (tertiary/aromatic N) is 3. The van der Waals surface area contributed by atoms with Gasteiger partial charge in [0.25, 0.3) is 0 Å². The molecule has 0 aromatic carbocycles. The maximum absolute atomic E-state index is 12.4. The van der Waals surface area contributed by atoms with Crippen molar-refractivity contribution in [1.29, 1.82) is 0 Å². The summed E-state index contributed by atoms with van der Waals surface area (Å²) in [6.45, 7) is 0. The van der Waals surface area contributed by atoms with E-state index < -0.39 is 12.0 Å². The van der Waals surface area contributed by atoms with Gasteiger partial charge in [-0.25, -0.2) is 15.0 Å². The van der Waals surface area contributed by atoms with Crippen LogP contribution in [-0.2, 0) is 6.18 Å². The third-order valence-corrected chi connectivity index (χ3v) is 3.02. The van der Waals surface area contributed by atoms with Gasteiger partial charge in [-0.15, -0.1) is 0 Å². The number of aromatic amines is 1. The highest BCUT2D eigenvalue weighted by Gasteiger charge is 2.34. The van der Waals surface area contributed by atoms with E-state index in [1.165, 1.54) is 6.20 Å². The van der Waals surface area contributed by atoms with Crippen LogP contribution in [0.3, 0.4) is 0 Å².